The Morgan fingerprint density at radius 2 is 2.25 bits per heavy atom. The number of ether oxygens (including phenoxy) is 1. The van der Waals surface area contributed by atoms with Crippen LogP contribution in [0.4, 0.5) is 0 Å². The number of aryl methyl sites for hydroxylation is 2. The molecule has 0 spiro atoms. The van der Waals surface area contributed by atoms with Crippen molar-refractivity contribution in [3.05, 3.63) is 47.0 Å². The van der Waals surface area contributed by atoms with E-state index in [1.807, 2.05) is 11.8 Å². The van der Waals surface area contributed by atoms with Crippen molar-refractivity contribution in [2.75, 3.05) is 19.7 Å². The van der Waals surface area contributed by atoms with Crippen molar-refractivity contribution in [2.24, 2.45) is 5.92 Å². The van der Waals surface area contributed by atoms with Crippen molar-refractivity contribution < 1.29 is 9.53 Å². The first-order valence-electron chi connectivity index (χ1n) is 8.47. The predicted molar refractivity (Wildman–Crippen MR) is 88.4 cm³/mol. The highest BCUT2D eigenvalue weighted by Gasteiger charge is 2.46. The average molecular weight is 326 g/mol. The number of morpholine rings is 1. The van der Waals surface area contributed by atoms with Gasteiger partial charge in [-0.3, -0.25) is 9.89 Å². The second-order valence-corrected chi connectivity index (χ2v) is 6.79. The molecule has 3 atom stereocenters. The van der Waals surface area contributed by atoms with Gasteiger partial charge in [-0.25, -0.2) is 4.98 Å². The Morgan fingerprint density at radius 1 is 1.38 bits per heavy atom. The lowest BCUT2D eigenvalue weighted by molar-refractivity contribution is -0.140. The van der Waals surface area contributed by atoms with Gasteiger partial charge >= 0.3 is 0 Å². The molecule has 0 bridgehead atoms. The van der Waals surface area contributed by atoms with E-state index in [1.165, 1.54) is 11.1 Å². The Labute approximate surface area is 141 Å². The van der Waals surface area contributed by atoms with Crippen LogP contribution in [0.5, 0.6) is 0 Å². The van der Waals surface area contributed by atoms with E-state index in [0.29, 0.717) is 31.4 Å². The van der Waals surface area contributed by atoms with Crippen LogP contribution >= 0.6 is 0 Å². The minimum Gasteiger partial charge on any atom is -0.366 e. The topological polar surface area (TPSA) is 71.1 Å². The van der Waals surface area contributed by atoms with E-state index in [9.17, 15) is 4.79 Å². The highest BCUT2D eigenvalue weighted by Crippen LogP contribution is 2.48. The number of hydrogen-bond acceptors (Lipinski definition) is 4. The van der Waals surface area contributed by atoms with E-state index in [-0.39, 0.29) is 17.9 Å². The van der Waals surface area contributed by atoms with E-state index >= 15 is 0 Å². The molecule has 2 aliphatic rings. The SMILES string of the molecule is Cc1cccc(C2CC2C(=O)N2CCOC(c3n[nH]c(C)n3)C2)c1. The molecule has 1 N–H and O–H groups in total. The molecule has 1 aromatic carbocycles. The van der Waals surface area contributed by atoms with Crippen molar-refractivity contribution in [2.45, 2.75) is 32.3 Å². The number of hydrogen-bond donors (Lipinski definition) is 1. The van der Waals surface area contributed by atoms with Crippen molar-refractivity contribution in [3.8, 4) is 0 Å². The van der Waals surface area contributed by atoms with E-state index in [1.54, 1.807) is 0 Å². The van der Waals surface area contributed by atoms with Crippen molar-refractivity contribution in [1.82, 2.24) is 20.1 Å². The van der Waals surface area contributed by atoms with Gasteiger partial charge in [-0.15, -0.1) is 0 Å². The molecule has 6 nitrogen and oxygen atoms in total. The lowest BCUT2D eigenvalue weighted by Crippen LogP contribution is -2.43. The summed E-state index contributed by atoms with van der Waals surface area (Å²) in [5.74, 6) is 2.11. The summed E-state index contributed by atoms with van der Waals surface area (Å²) in [5.41, 5.74) is 2.53. The number of aromatic nitrogens is 3. The van der Waals surface area contributed by atoms with E-state index in [0.717, 1.165) is 12.2 Å². The minimum absolute atomic E-state index is 0.111. The van der Waals surface area contributed by atoms with Crippen LogP contribution in [0.25, 0.3) is 0 Å². The van der Waals surface area contributed by atoms with Crippen LogP contribution in [0, 0.1) is 19.8 Å². The van der Waals surface area contributed by atoms with Gasteiger partial charge in [0.05, 0.1) is 13.2 Å². The zero-order chi connectivity index (χ0) is 16.7. The van der Waals surface area contributed by atoms with Crippen LogP contribution in [0.2, 0.25) is 0 Å². The third-order valence-corrected chi connectivity index (χ3v) is 4.86. The van der Waals surface area contributed by atoms with Gasteiger partial charge in [0.1, 0.15) is 11.9 Å². The summed E-state index contributed by atoms with van der Waals surface area (Å²) < 4.78 is 5.75. The minimum atomic E-state index is -0.233. The largest absolute Gasteiger partial charge is 0.366 e. The monoisotopic (exact) mass is 326 g/mol. The summed E-state index contributed by atoms with van der Waals surface area (Å²) in [5, 5.41) is 7.00. The Kier molecular flexibility index (Phi) is 3.84. The molecule has 24 heavy (non-hydrogen) atoms. The summed E-state index contributed by atoms with van der Waals surface area (Å²) >= 11 is 0. The molecule has 1 aliphatic carbocycles. The third-order valence-electron chi connectivity index (χ3n) is 4.86. The summed E-state index contributed by atoms with van der Waals surface area (Å²) in [6.45, 7) is 5.67. The number of benzene rings is 1. The van der Waals surface area contributed by atoms with Gasteiger partial charge in [-0.05, 0) is 31.7 Å². The Morgan fingerprint density at radius 3 is 3.00 bits per heavy atom. The standard InChI is InChI=1S/C18H22N4O2/c1-11-4-3-5-13(8-11)14-9-15(14)18(23)22-6-7-24-16(10-22)17-19-12(2)20-21-17/h3-5,8,14-16H,6-7,9-10H2,1-2H3,(H,19,20,21). The van der Waals surface area contributed by atoms with Crippen molar-refractivity contribution >= 4 is 5.91 Å². The van der Waals surface area contributed by atoms with Crippen LogP contribution < -0.4 is 0 Å². The molecule has 6 heteroatoms. The van der Waals surface area contributed by atoms with Crippen LogP contribution in [0.15, 0.2) is 24.3 Å². The van der Waals surface area contributed by atoms with Crippen LogP contribution in [0.3, 0.4) is 0 Å². The van der Waals surface area contributed by atoms with Crippen LogP contribution in [-0.2, 0) is 9.53 Å². The zero-order valence-electron chi connectivity index (χ0n) is 14.0. The number of amides is 1. The molecule has 0 radical (unpaired) electrons. The third kappa shape index (κ3) is 2.94. The first-order chi connectivity index (χ1) is 11.6. The van der Waals surface area contributed by atoms with Crippen molar-refractivity contribution in [1.29, 1.82) is 0 Å². The average Bonchev–Trinajstić information content (AvgIpc) is 3.28. The van der Waals surface area contributed by atoms with Gasteiger partial charge in [-0.2, -0.15) is 5.10 Å². The molecule has 2 fully saturated rings. The van der Waals surface area contributed by atoms with Crippen LogP contribution in [-0.4, -0.2) is 45.7 Å². The highest BCUT2D eigenvalue weighted by atomic mass is 16.5. The van der Waals surface area contributed by atoms with Crippen LogP contribution in [0.1, 0.15) is 41.2 Å². The number of rotatable bonds is 3. The summed E-state index contributed by atoms with van der Waals surface area (Å²) in [4.78, 5) is 19.1. The van der Waals surface area contributed by atoms with Crippen molar-refractivity contribution in [3.63, 3.8) is 0 Å². The van der Waals surface area contributed by atoms with Gasteiger partial charge < -0.3 is 9.64 Å². The molecule has 2 heterocycles. The molecule has 126 valence electrons. The Bertz CT molecular complexity index is 757. The molecular formula is C18H22N4O2. The number of aromatic amines is 1. The molecule has 4 rings (SSSR count). The number of carbonyl (C=O) groups is 1. The van der Waals surface area contributed by atoms with Gasteiger partial charge in [0.25, 0.3) is 0 Å². The fourth-order valence-corrected chi connectivity index (χ4v) is 3.48. The number of nitrogens with one attached hydrogen (secondary N) is 1. The highest BCUT2D eigenvalue weighted by molar-refractivity contribution is 5.83. The maximum atomic E-state index is 12.8. The Balaban J connectivity index is 1.42. The fourth-order valence-electron chi connectivity index (χ4n) is 3.48. The predicted octanol–water partition coefficient (Wildman–Crippen LogP) is 2.13. The lowest BCUT2D eigenvalue weighted by atomic mass is 10.1. The maximum Gasteiger partial charge on any atom is 0.226 e. The second kappa shape index (κ2) is 6.02. The summed E-state index contributed by atoms with van der Waals surface area (Å²) in [6.07, 6.45) is 0.716. The first-order valence-corrected chi connectivity index (χ1v) is 8.47. The molecule has 1 aliphatic heterocycles. The van der Waals surface area contributed by atoms with Gasteiger partial charge in [-0.1, -0.05) is 29.8 Å². The van der Waals surface area contributed by atoms with E-state index in [4.69, 9.17) is 4.74 Å². The smallest absolute Gasteiger partial charge is 0.226 e. The quantitative estimate of drug-likeness (QED) is 0.938. The number of nitrogens with zero attached hydrogens (tertiary/aromatic N) is 3. The summed E-state index contributed by atoms with van der Waals surface area (Å²) in [6, 6.07) is 8.48. The molecule has 1 saturated carbocycles. The molecular weight excluding hydrogens is 304 g/mol. The van der Waals surface area contributed by atoms with E-state index in [2.05, 4.69) is 46.4 Å². The molecule has 1 amide bonds. The Hall–Kier alpha value is -2.21. The second-order valence-electron chi connectivity index (χ2n) is 6.79. The lowest BCUT2D eigenvalue weighted by Gasteiger charge is -2.32. The molecule has 3 unspecified atom stereocenters. The number of H-pyrrole nitrogens is 1. The normalized spacial score (nSPS) is 26.4. The molecule has 1 aromatic heterocycles. The zero-order valence-corrected chi connectivity index (χ0v) is 14.0. The van der Waals surface area contributed by atoms with Gasteiger partial charge in [0.15, 0.2) is 5.82 Å². The maximum absolute atomic E-state index is 12.8. The fraction of sp³-hybridized carbons (Fsp3) is 0.500. The number of carbonyl (C=O) groups excluding carboxylic acids is 1. The molecule has 2 aromatic rings. The first kappa shape index (κ1) is 15.3. The molecule has 1 saturated heterocycles. The summed E-state index contributed by atoms with van der Waals surface area (Å²) in [7, 11) is 0. The van der Waals surface area contributed by atoms with Gasteiger partial charge in [0.2, 0.25) is 5.91 Å². The van der Waals surface area contributed by atoms with Gasteiger partial charge in [0, 0.05) is 12.5 Å². The van der Waals surface area contributed by atoms with E-state index < -0.39 is 0 Å².